The number of phenols is 1. The fourth-order valence-corrected chi connectivity index (χ4v) is 8.20. The van der Waals surface area contributed by atoms with Crippen molar-refractivity contribution in [2.75, 3.05) is 37.0 Å². The van der Waals surface area contributed by atoms with Crippen LogP contribution in [0.5, 0.6) is 5.75 Å². The molecule has 21 heteroatoms. The maximum absolute atomic E-state index is 13.7. The second-order valence-electron chi connectivity index (χ2n) is 11.7. The molecule has 0 bridgehead atoms. The summed E-state index contributed by atoms with van der Waals surface area (Å²) in [5.74, 6) is 1.98. The van der Waals surface area contributed by atoms with Crippen molar-refractivity contribution in [3.05, 3.63) is 58.6 Å². The van der Waals surface area contributed by atoms with Crippen LogP contribution in [0.4, 0.5) is 4.79 Å². The highest BCUT2D eigenvalue weighted by atomic mass is 32.2. The highest BCUT2D eigenvalue weighted by Gasteiger charge is 2.54. The number of amides is 6. The number of piperazine rings is 1. The number of hydrogen-bond donors (Lipinski definition) is 5. The Balaban J connectivity index is 1.16. The first-order valence-corrected chi connectivity index (χ1v) is 17.6. The summed E-state index contributed by atoms with van der Waals surface area (Å²) in [4.78, 5) is 81.0. The zero-order valence-electron chi connectivity index (χ0n) is 27.5. The number of fused-ring (bicyclic) bond motifs is 1. The van der Waals surface area contributed by atoms with Gasteiger partial charge in [0.2, 0.25) is 11.1 Å². The molecular formula is C30H33N11O8S2. The Kier molecular flexibility index (Phi) is 9.66. The van der Waals surface area contributed by atoms with Crippen molar-refractivity contribution in [2.24, 2.45) is 0 Å². The van der Waals surface area contributed by atoms with Crippen LogP contribution in [0.25, 0.3) is 5.95 Å². The van der Waals surface area contributed by atoms with Crippen molar-refractivity contribution in [2.45, 2.75) is 43.4 Å². The molecule has 5 heterocycles. The number of nitrogen functional groups attached to an aromatic ring is 1. The lowest BCUT2D eigenvalue weighted by Crippen LogP contribution is -2.71. The number of likely N-dealkylation sites (N-methyl/N-ethyl adjacent to an activating group) is 1. The number of carboxylic acid groups (broad SMARTS) is 1. The Labute approximate surface area is 298 Å². The van der Waals surface area contributed by atoms with Gasteiger partial charge < -0.3 is 31.6 Å². The van der Waals surface area contributed by atoms with Crippen LogP contribution in [-0.4, -0.2) is 128 Å². The molecule has 3 atom stereocenters. The maximum atomic E-state index is 13.7. The molecule has 1 aromatic carbocycles. The minimum atomic E-state index is -1.45. The number of nitrogens with one attached hydrogen (secondary N) is 2. The summed E-state index contributed by atoms with van der Waals surface area (Å²) in [5, 5.41) is 37.1. The van der Waals surface area contributed by atoms with E-state index >= 15 is 0 Å². The van der Waals surface area contributed by atoms with E-state index in [9.17, 15) is 39.0 Å². The van der Waals surface area contributed by atoms with Crippen LogP contribution in [0, 0.1) is 13.8 Å². The average Bonchev–Trinajstić information content (AvgIpc) is 3.64. The number of aromatic nitrogens is 5. The SMILES string of the molecule is CCN1CCN(C(=O)NC(C(=O)NC2C(=O)N3C(C(=O)O)=C(CSc4nnc(-n5nc(C)cc5C)n4N)CS[C@@H]23)c2ccc(O)cc2)C(=O)C1=O. The van der Waals surface area contributed by atoms with Gasteiger partial charge >= 0.3 is 23.8 Å². The molecule has 2 aromatic heterocycles. The van der Waals surface area contributed by atoms with Crippen LogP contribution in [-0.2, 0) is 24.0 Å². The number of urea groups is 1. The van der Waals surface area contributed by atoms with Crippen LogP contribution in [0.1, 0.15) is 29.9 Å². The maximum Gasteiger partial charge on any atom is 0.352 e. The van der Waals surface area contributed by atoms with E-state index in [1.165, 1.54) is 50.3 Å². The summed E-state index contributed by atoms with van der Waals surface area (Å²) in [6.07, 6.45) is 0. The minimum absolute atomic E-state index is 0.0948. The molecule has 6 N–H and O–H groups in total. The zero-order chi connectivity index (χ0) is 36.7. The van der Waals surface area contributed by atoms with Gasteiger partial charge in [-0.2, -0.15) is 5.10 Å². The standard InChI is InChI=1S/C30H33N11O8S2/c1-4-37-9-10-38(25(46)24(37)45)29(49)33-19(16-5-7-18(42)8-6-16)22(43)32-20-23(44)39-21(27(47)48)17(12-50-26(20)39)13-51-30-35-34-28(40(30)31)41-15(3)11-14(2)36-41/h5-8,11,19-20,26,42H,4,9-10,12-13,31H2,1-3H3,(H,32,43)(H,33,49)(H,47,48)/t19?,20?,26-/m0/s1. The summed E-state index contributed by atoms with van der Waals surface area (Å²) in [6, 6.07) is 3.60. The van der Waals surface area contributed by atoms with Crippen molar-refractivity contribution >= 4 is 59.2 Å². The Morgan fingerprint density at radius 3 is 2.47 bits per heavy atom. The number of benzene rings is 1. The second kappa shape index (κ2) is 14.0. The van der Waals surface area contributed by atoms with Crippen LogP contribution in [0.2, 0.25) is 0 Å². The predicted octanol–water partition coefficient (Wildman–Crippen LogP) is -0.528. The van der Waals surface area contributed by atoms with Gasteiger partial charge in [0.25, 0.3) is 11.9 Å². The quantitative estimate of drug-likeness (QED) is 0.0759. The topological polar surface area (TPSA) is 251 Å². The molecule has 0 saturated carbocycles. The second-order valence-corrected chi connectivity index (χ2v) is 13.8. The zero-order valence-corrected chi connectivity index (χ0v) is 29.1. The number of hydrogen-bond acceptors (Lipinski definition) is 13. The van der Waals surface area contributed by atoms with E-state index in [-0.39, 0.29) is 54.1 Å². The number of thioether (sulfide) groups is 2. The number of carbonyl (C=O) groups is 6. The van der Waals surface area contributed by atoms with Gasteiger partial charge in [-0.1, -0.05) is 23.9 Å². The molecular weight excluding hydrogens is 707 g/mol. The smallest absolute Gasteiger partial charge is 0.352 e. The largest absolute Gasteiger partial charge is 0.508 e. The van der Waals surface area contributed by atoms with Gasteiger partial charge in [0, 0.05) is 36.8 Å². The monoisotopic (exact) mass is 739 g/mol. The predicted molar refractivity (Wildman–Crippen MR) is 181 cm³/mol. The van der Waals surface area contributed by atoms with Crippen molar-refractivity contribution in [3.8, 4) is 11.7 Å². The number of phenolic OH excluding ortho intramolecular Hbond substituents is 1. The van der Waals surface area contributed by atoms with E-state index in [1.807, 2.05) is 19.9 Å². The molecule has 0 aliphatic carbocycles. The molecule has 6 rings (SSSR count). The van der Waals surface area contributed by atoms with Crippen LogP contribution >= 0.6 is 23.5 Å². The lowest BCUT2D eigenvalue weighted by Gasteiger charge is -2.49. The number of β-lactam (4-membered cyclic amide) rings is 1. The number of aliphatic carboxylic acids is 1. The summed E-state index contributed by atoms with van der Waals surface area (Å²) in [5.41, 5.74) is 1.98. The van der Waals surface area contributed by atoms with Gasteiger partial charge in [0.05, 0.1) is 5.69 Å². The van der Waals surface area contributed by atoms with E-state index in [0.29, 0.717) is 15.6 Å². The first-order valence-electron chi connectivity index (χ1n) is 15.6. The van der Waals surface area contributed by atoms with Gasteiger partial charge in [0.1, 0.15) is 28.9 Å². The molecule has 3 aliphatic rings. The van der Waals surface area contributed by atoms with Crippen LogP contribution in [0.15, 0.2) is 46.8 Å². The highest BCUT2D eigenvalue weighted by Crippen LogP contribution is 2.41. The first kappa shape index (κ1) is 35.3. The number of aryl methyl sites for hydroxylation is 2. The number of carbonyl (C=O) groups excluding carboxylic acids is 5. The number of imide groups is 1. The van der Waals surface area contributed by atoms with E-state index in [2.05, 4.69) is 25.9 Å². The van der Waals surface area contributed by atoms with Gasteiger partial charge in [-0.3, -0.25) is 29.0 Å². The molecule has 268 valence electrons. The van der Waals surface area contributed by atoms with Crippen LogP contribution in [0.3, 0.4) is 0 Å². The molecule has 2 saturated heterocycles. The molecule has 2 unspecified atom stereocenters. The molecule has 3 aromatic rings. The number of rotatable bonds is 10. The van der Waals surface area contributed by atoms with E-state index in [0.717, 1.165) is 28.0 Å². The highest BCUT2D eigenvalue weighted by molar-refractivity contribution is 8.01. The van der Waals surface area contributed by atoms with Crippen molar-refractivity contribution in [3.63, 3.8) is 0 Å². The Bertz CT molecular complexity index is 1980. The third-order valence-corrected chi connectivity index (χ3v) is 10.8. The third-order valence-electron chi connectivity index (χ3n) is 8.46. The molecule has 0 radical (unpaired) electrons. The van der Waals surface area contributed by atoms with Gasteiger partial charge in [-0.05, 0) is 50.1 Å². The Morgan fingerprint density at radius 1 is 1.10 bits per heavy atom. The molecule has 51 heavy (non-hydrogen) atoms. The van der Waals surface area contributed by atoms with Crippen molar-refractivity contribution in [1.82, 2.24) is 50.0 Å². The van der Waals surface area contributed by atoms with E-state index in [4.69, 9.17) is 5.84 Å². The number of nitrogens with two attached hydrogens (primary N) is 1. The summed E-state index contributed by atoms with van der Waals surface area (Å²) in [6.45, 7) is 5.67. The van der Waals surface area contributed by atoms with Crippen LogP contribution < -0.4 is 16.5 Å². The molecule has 2 fully saturated rings. The normalized spacial score (nSPS) is 19.5. The Morgan fingerprint density at radius 2 is 1.82 bits per heavy atom. The third kappa shape index (κ3) is 6.56. The lowest BCUT2D eigenvalue weighted by molar-refractivity contribution is -0.153. The molecule has 6 amide bonds. The molecule has 0 spiro atoms. The summed E-state index contributed by atoms with van der Waals surface area (Å²) < 4.78 is 2.78. The summed E-state index contributed by atoms with van der Waals surface area (Å²) in [7, 11) is 0. The van der Waals surface area contributed by atoms with Gasteiger partial charge in [-0.15, -0.1) is 22.0 Å². The van der Waals surface area contributed by atoms with Gasteiger partial charge in [-0.25, -0.2) is 18.9 Å². The number of carboxylic acids is 1. The summed E-state index contributed by atoms with van der Waals surface area (Å²) >= 11 is 2.38. The van der Waals surface area contributed by atoms with E-state index in [1.54, 1.807) is 6.92 Å². The lowest BCUT2D eigenvalue weighted by atomic mass is 10.0. The van der Waals surface area contributed by atoms with Crippen molar-refractivity contribution in [1.29, 1.82) is 0 Å². The fourth-order valence-electron chi connectivity index (χ4n) is 5.86. The number of nitrogens with zero attached hydrogens (tertiary/aromatic N) is 8. The minimum Gasteiger partial charge on any atom is -0.508 e. The van der Waals surface area contributed by atoms with Gasteiger partial charge in [0.15, 0.2) is 0 Å². The first-order chi connectivity index (χ1) is 24.3. The average molecular weight is 740 g/mol. The Hall–Kier alpha value is -5.57. The fraction of sp³-hybridized carbons (Fsp3) is 0.367. The molecule has 19 nitrogen and oxygen atoms in total. The van der Waals surface area contributed by atoms with E-state index < -0.39 is 53.1 Å². The van der Waals surface area contributed by atoms with Crippen molar-refractivity contribution < 1.29 is 39.0 Å². The number of aromatic hydroxyl groups is 1. The molecule has 3 aliphatic heterocycles.